The molecule has 2 heterocycles. The summed E-state index contributed by atoms with van der Waals surface area (Å²) in [5.41, 5.74) is 16.5. The summed E-state index contributed by atoms with van der Waals surface area (Å²) in [5, 5.41) is 1.55. The maximum absolute atomic E-state index is 15.8. The number of aromatic nitrogens is 2. The van der Waals surface area contributed by atoms with Crippen LogP contribution in [0.1, 0.15) is 36.0 Å². The second kappa shape index (κ2) is 9.93. The first-order chi connectivity index (χ1) is 16.0. The van der Waals surface area contributed by atoms with Gasteiger partial charge in [-0.15, -0.1) is 0 Å². The number of nitrogens with zero attached hydrogens (tertiary/aromatic N) is 3. The van der Waals surface area contributed by atoms with Crippen molar-refractivity contribution in [3.63, 3.8) is 0 Å². The van der Waals surface area contributed by atoms with E-state index in [0.29, 0.717) is 22.7 Å². The van der Waals surface area contributed by atoms with E-state index in [4.69, 9.17) is 16.2 Å². The zero-order chi connectivity index (χ0) is 23.4. The molecule has 1 fully saturated rings. The molecule has 1 aromatic carbocycles. The fraction of sp³-hybridized carbons (Fsp3) is 0.292. The van der Waals surface area contributed by atoms with Gasteiger partial charge in [-0.2, -0.15) is 0 Å². The van der Waals surface area contributed by atoms with E-state index in [-0.39, 0.29) is 23.3 Å². The van der Waals surface area contributed by atoms with Crippen LogP contribution in [0.25, 0.3) is 11.1 Å². The monoisotopic (exact) mass is 450 g/mol. The van der Waals surface area contributed by atoms with Gasteiger partial charge < -0.3 is 16.2 Å². The van der Waals surface area contributed by atoms with Gasteiger partial charge >= 0.3 is 0 Å². The standard InChI is InChI=1S/C24H27FN6O2/c1-33-17-9-6-15(7-10-17)18-13-28-14-21(23(18)25)31(30-20-5-3-2-4-19(20)26)22-11-8-16(12-29-22)24(27)32/h6-14,19-20,30H,2-5,26H2,1H3,(H2,27,32). The summed E-state index contributed by atoms with van der Waals surface area (Å²) in [6.45, 7) is 0. The van der Waals surface area contributed by atoms with E-state index in [1.165, 1.54) is 18.6 Å². The number of rotatable bonds is 7. The summed E-state index contributed by atoms with van der Waals surface area (Å²) in [6.07, 6.45) is 8.11. The minimum atomic E-state index is -0.586. The van der Waals surface area contributed by atoms with Crippen molar-refractivity contribution in [1.29, 1.82) is 0 Å². The number of primary amides is 1. The molecule has 1 aliphatic carbocycles. The number of carbonyl (C=O) groups excluding carboxylic acids is 1. The van der Waals surface area contributed by atoms with Gasteiger partial charge in [0.1, 0.15) is 17.3 Å². The Morgan fingerprint density at radius 3 is 2.52 bits per heavy atom. The third-order valence-corrected chi connectivity index (χ3v) is 5.88. The molecule has 1 amide bonds. The zero-order valence-electron chi connectivity index (χ0n) is 18.4. The minimum Gasteiger partial charge on any atom is -0.497 e. The van der Waals surface area contributed by atoms with Gasteiger partial charge in [-0.3, -0.25) is 14.8 Å². The van der Waals surface area contributed by atoms with Gasteiger partial charge in [0.15, 0.2) is 5.82 Å². The quantitative estimate of drug-likeness (QED) is 0.473. The van der Waals surface area contributed by atoms with Crippen molar-refractivity contribution in [3.05, 3.63) is 66.4 Å². The number of nitrogens with one attached hydrogen (secondary N) is 1. The molecule has 8 nitrogen and oxygen atoms in total. The largest absolute Gasteiger partial charge is 0.497 e. The van der Waals surface area contributed by atoms with Gasteiger partial charge in [-0.1, -0.05) is 25.0 Å². The van der Waals surface area contributed by atoms with Crippen LogP contribution in [-0.2, 0) is 0 Å². The normalized spacial score (nSPS) is 18.0. The van der Waals surface area contributed by atoms with Crippen molar-refractivity contribution >= 4 is 17.4 Å². The van der Waals surface area contributed by atoms with Gasteiger partial charge in [0.2, 0.25) is 5.91 Å². The molecule has 2 unspecified atom stereocenters. The highest BCUT2D eigenvalue weighted by atomic mass is 19.1. The Bertz CT molecular complexity index is 1110. The molecule has 0 saturated heterocycles. The number of halogens is 1. The number of anilines is 2. The lowest BCUT2D eigenvalue weighted by Crippen LogP contribution is -2.53. The van der Waals surface area contributed by atoms with Crippen molar-refractivity contribution < 1.29 is 13.9 Å². The van der Waals surface area contributed by atoms with Crippen molar-refractivity contribution in [1.82, 2.24) is 15.4 Å². The lowest BCUT2D eigenvalue weighted by molar-refractivity contribution is 0.1000. The molecule has 0 aliphatic heterocycles. The lowest BCUT2D eigenvalue weighted by Gasteiger charge is -2.35. The van der Waals surface area contributed by atoms with Crippen LogP contribution in [0.15, 0.2) is 55.0 Å². The SMILES string of the molecule is COc1ccc(-c2cncc(N(NC3CCCCC3N)c3ccc(C(N)=O)cn3)c2F)cc1. The van der Waals surface area contributed by atoms with Gasteiger partial charge in [0, 0.05) is 30.0 Å². The van der Waals surface area contributed by atoms with Crippen LogP contribution in [-0.4, -0.2) is 35.1 Å². The summed E-state index contributed by atoms with van der Waals surface area (Å²) in [7, 11) is 1.58. The third-order valence-electron chi connectivity index (χ3n) is 5.88. The van der Waals surface area contributed by atoms with Crippen LogP contribution in [0.3, 0.4) is 0 Å². The van der Waals surface area contributed by atoms with Crippen LogP contribution in [0, 0.1) is 5.82 Å². The average Bonchev–Trinajstić information content (AvgIpc) is 2.84. The van der Waals surface area contributed by atoms with E-state index in [1.807, 2.05) is 0 Å². The first kappa shape index (κ1) is 22.6. The lowest BCUT2D eigenvalue weighted by atomic mass is 9.91. The number of nitrogens with two attached hydrogens (primary N) is 2. The second-order valence-corrected chi connectivity index (χ2v) is 8.04. The Morgan fingerprint density at radius 1 is 1.12 bits per heavy atom. The topological polar surface area (TPSA) is 119 Å². The van der Waals surface area contributed by atoms with Gasteiger partial charge in [-0.25, -0.2) is 14.8 Å². The van der Waals surface area contributed by atoms with E-state index in [9.17, 15) is 4.79 Å². The maximum atomic E-state index is 15.8. The molecule has 0 spiro atoms. The van der Waals surface area contributed by atoms with E-state index < -0.39 is 11.7 Å². The Hall–Kier alpha value is -3.56. The molecular weight excluding hydrogens is 423 g/mol. The minimum absolute atomic E-state index is 0.0691. The molecule has 172 valence electrons. The van der Waals surface area contributed by atoms with E-state index in [2.05, 4.69) is 15.4 Å². The maximum Gasteiger partial charge on any atom is 0.250 e. The predicted octanol–water partition coefficient (Wildman–Crippen LogP) is 3.30. The molecule has 33 heavy (non-hydrogen) atoms. The van der Waals surface area contributed by atoms with E-state index in [1.54, 1.807) is 48.5 Å². The van der Waals surface area contributed by atoms with Crippen LogP contribution in [0.2, 0.25) is 0 Å². The highest BCUT2D eigenvalue weighted by Gasteiger charge is 2.27. The highest BCUT2D eigenvalue weighted by molar-refractivity contribution is 5.92. The molecule has 2 atom stereocenters. The first-order valence-corrected chi connectivity index (χ1v) is 10.8. The molecule has 0 radical (unpaired) electrons. The van der Waals surface area contributed by atoms with Crippen molar-refractivity contribution in [2.24, 2.45) is 11.5 Å². The van der Waals surface area contributed by atoms with Crippen molar-refractivity contribution in [2.45, 2.75) is 37.8 Å². The molecule has 4 rings (SSSR count). The van der Waals surface area contributed by atoms with E-state index in [0.717, 1.165) is 25.7 Å². The number of ether oxygens (including phenoxy) is 1. The van der Waals surface area contributed by atoms with Gasteiger partial charge in [0.25, 0.3) is 0 Å². The Morgan fingerprint density at radius 2 is 1.88 bits per heavy atom. The van der Waals surface area contributed by atoms with E-state index >= 15 is 4.39 Å². The average molecular weight is 451 g/mol. The number of methoxy groups -OCH3 is 1. The summed E-state index contributed by atoms with van der Waals surface area (Å²) in [5.74, 6) is 0.0204. The van der Waals surface area contributed by atoms with Crippen LogP contribution in [0.5, 0.6) is 5.75 Å². The number of benzene rings is 1. The Balaban J connectivity index is 1.75. The van der Waals surface area contributed by atoms with Gasteiger partial charge in [0.05, 0.1) is 18.9 Å². The van der Waals surface area contributed by atoms with Crippen LogP contribution >= 0.6 is 0 Å². The molecule has 0 bridgehead atoms. The Labute approximate surface area is 191 Å². The molecule has 2 aromatic heterocycles. The molecule has 1 saturated carbocycles. The molecule has 3 aromatic rings. The summed E-state index contributed by atoms with van der Waals surface area (Å²) >= 11 is 0. The number of hydrazine groups is 1. The summed E-state index contributed by atoms with van der Waals surface area (Å²) in [4.78, 5) is 20.1. The molecule has 9 heteroatoms. The number of pyridine rings is 2. The first-order valence-electron chi connectivity index (χ1n) is 10.8. The molecular formula is C24H27FN6O2. The highest BCUT2D eigenvalue weighted by Crippen LogP contribution is 2.33. The second-order valence-electron chi connectivity index (χ2n) is 8.04. The third kappa shape index (κ3) is 4.94. The molecule has 1 aliphatic rings. The summed E-state index contributed by atoms with van der Waals surface area (Å²) in [6, 6.07) is 10.1. The smallest absolute Gasteiger partial charge is 0.250 e. The number of amides is 1. The number of hydrogen-bond donors (Lipinski definition) is 3. The fourth-order valence-electron chi connectivity index (χ4n) is 3.97. The van der Waals surface area contributed by atoms with Crippen molar-refractivity contribution in [3.8, 4) is 16.9 Å². The van der Waals surface area contributed by atoms with Crippen LogP contribution < -0.4 is 26.6 Å². The predicted molar refractivity (Wildman–Crippen MR) is 124 cm³/mol. The summed E-state index contributed by atoms with van der Waals surface area (Å²) < 4.78 is 21.0. The fourth-order valence-corrected chi connectivity index (χ4v) is 3.97. The van der Waals surface area contributed by atoms with Gasteiger partial charge in [-0.05, 0) is 42.7 Å². The number of hydrogen-bond acceptors (Lipinski definition) is 7. The Kier molecular flexibility index (Phi) is 6.81. The zero-order valence-corrected chi connectivity index (χ0v) is 18.4. The van der Waals surface area contributed by atoms with Crippen LogP contribution in [0.4, 0.5) is 15.9 Å². The number of carbonyl (C=O) groups is 1. The molecule has 5 N–H and O–H groups in total. The van der Waals surface area contributed by atoms with Crippen molar-refractivity contribution in [2.75, 3.05) is 12.1 Å².